The largest absolute Gasteiger partial charge is 0.378 e. The lowest BCUT2D eigenvalue weighted by Gasteiger charge is -2.10. The van der Waals surface area contributed by atoms with Crippen LogP contribution in [0.1, 0.15) is 23.9 Å². The average molecular weight is 337 g/mol. The standard InChI is InChI=1S/C14H14BrFN4/c1-3-20-13(14(15)9(2)19-20)8-18-12-5-4-11(16)6-10(12)7-17/h4-6,18H,3,8H2,1-2H3. The summed E-state index contributed by atoms with van der Waals surface area (Å²) in [6, 6.07) is 6.11. The number of halogens is 2. The molecule has 0 spiro atoms. The Morgan fingerprint density at radius 3 is 2.90 bits per heavy atom. The maximum atomic E-state index is 13.1. The third-order valence-corrected chi connectivity index (χ3v) is 4.03. The van der Waals surface area contributed by atoms with Gasteiger partial charge in [0.25, 0.3) is 0 Å². The fourth-order valence-corrected chi connectivity index (χ4v) is 2.40. The Bertz CT molecular complexity index is 673. The van der Waals surface area contributed by atoms with Crippen LogP contribution < -0.4 is 5.32 Å². The lowest BCUT2D eigenvalue weighted by Crippen LogP contribution is -2.09. The van der Waals surface area contributed by atoms with Crippen molar-refractivity contribution >= 4 is 21.6 Å². The zero-order valence-electron chi connectivity index (χ0n) is 11.2. The lowest BCUT2D eigenvalue weighted by atomic mass is 10.2. The molecule has 1 aromatic carbocycles. The van der Waals surface area contributed by atoms with Crippen LogP contribution in [0.15, 0.2) is 22.7 Å². The molecule has 20 heavy (non-hydrogen) atoms. The van der Waals surface area contributed by atoms with Crippen molar-refractivity contribution in [3.05, 3.63) is 45.4 Å². The Morgan fingerprint density at radius 1 is 1.50 bits per heavy atom. The maximum absolute atomic E-state index is 13.1. The second-order valence-corrected chi connectivity index (χ2v) is 5.11. The van der Waals surface area contributed by atoms with Gasteiger partial charge in [0.15, 0.2) is 0 Å². The Hall–Kier alpha value is -1.87. The highest BCUT2D eigenvalue weighted by Crippen LogP contribution is 2.23. The molecular formula is C14H14BrFN4. The number of nitrogens with zero attached hydrogens (tertiary/aromatic N) is 3. The quantitative estimate of drug-likeness (QED) is 0.928. The van der Waals surface area contributed by atoms with Gasteiger partial charge in [-0.1, -0.05) is 0 Å². The van der Waals surface area contributed by atoms with E-state index in [4.69, 9.17) is 5.26 Å². The second-order valence-electron chi connectivity index (χ2n) is 4.32. The summed E-state index contributed by atoms with van der Waals surface area (Å²) in [5.41, 5.74) is 2.82. The molecule has 1 aromatic heterocycles. The summed E-state index contributed by atoms with van der Waals surface area (Å²) in [6.07, 6.45) is 0. The van der Waals surface area contributed by atoms with Crippen molar-refractivity contribution in [2.75, 3.05) is 5.32 Å². The van der Waals surface area contributed by atoms with Gasteiger partial charge in [-0.15, -0.1) is 0 Å². The second kappa shape index (κ2) is 6.06. The maximum Gasteiger partial charge on any atom is 0.124 e. The number of hydrogen-bond donors (Lipinski definition) is 1. The van der Waals surface area contributed by atoms with E-state index in [1.165, 1.54) is 12.1 Å². The van der Waals surface area contributed by atoms with Gasteiger partial charge in [0.05, 0.1) is 33.7 Å². The normalized spacial score (nSPS) is 10.3. The lowest BCUT2D eigenvalue weighted by molar-refractivity contribution is 0.621. The van der Waals surface area contributed by atoms with Gasteiger partial charge in [-0.3, -0.25) is 4.68 Å². The van der Waals surface area contributed by atoms with Crippen LogP contribution in [0.25, 0.3) is 0 Å². The molecular weight excluding hydrogens is 323 g/mol. The monoisotopic (exact) mass is 336 g/mol. The van der Waals surface area contributed by atoms with E-state index in [0.29, 0.717) is 17.8 Å². The van der Waals surface area contributed by atoms with Crippen LogP contribution in [0.3, 0.4) is 0 Å². The highest BCUT2D eigenvalue weighted by Gasteiger charge is 2.12. The predicted molar refractivity (Wildman–Crippen MR) is 78.8 cm³/mol. The fraction of sp³-hybridized carbons (Fsp3) is 0.286. The van der Waals surface area contributed by atoms with E-state index in [1.54, 1.807) is 6.07 Å². The SMILES string of the molecule is CCn1nc(C)c(Br)c1CNc1ccc(F)cc1C#N. The molecule has 4 nitrogen and oxygen atoms in total. The van der Waals surface area contributed by atoms with Crippen molar-refractivity contribution in [1.82, 2.24) is 9.78 Å². The van der Waals surface area contributed by atoms with E-state index >= 15 is 0 Å². The Balaban J connectivity index is 2.24. The molecule has 0 unspecified atom stereocenters. The van der Waals surface area contributed by atoms with Gasteiger partial charge < -0.3 is 5.32 Å². The zero-order valence-corrected chi connectivity index (χ0v) is 12.8. The van der Waals surface area contributed by atoms with Crippen molar-refractivity contribution in [2.24, 2.45) is 0 Å². The van der Waals surface area contributed by atoms with Crippen molar-refractivity contribution in [3.63, 3.8) is 0 Å². The van der Waals surface area contributed by atoms with E-state index in [9.17, 15) is 4.39 Å². The predicted octanol–water partition coefficient (Wildman–Crippen LogP) is 3.60. The molecule has 6 heteroatoms. The highest BCUT2D eigenvalue weighted by atomic mass is 79.9. The number of rotatable bonds is 4. The first kappa shape index (κ1) is 14.5. The Labute approximate surface area is 125 Å². The van der Waals surface area contributed by atoms with Gasteiger partial charge in [-0.05, 0) is 48.0 Å². The van der Waals surface area contributed by atoms with E-state index < -0.39 is 5.82 Å². The van der Waals surface area contributed by atoms with Crippen molar-refractivity contribution in [1.29, 1.82) is 5.26 Å². The molecule has 0 atom stereocenters. The fourth-order valence-electron chi connectivity index (χ4n) is 1.98. The third-order valence-electron chi connectivity index (χ3n) is 3.00. The minimum atomic E-state index is -0.414. The van der Waals surface area contributed by atoms with Crippen LogP contribution in [0.5, 0.6) is 0 Å². The molecule has 0 aliphatic rings. The highest BCUT2D eigenvalue weighted by molar-refractivity contribution is 9.10. The molecule has 0 aliphatic carbocycles. The molecule has 0 bridgehead atoms. The smallest absolute Gasteiger partial charge is 0.124 e. The van der Waals surface area contributed by atoms with Crippen LogP contribution in [0.4, 0.5) is 10.1 Å². The van der Waals surface area contributed by atoms with E-state index in [1.807, 2.05) is 24.6 Å². The number of nitriles is 1. The molecule has 0 saturated carbocycles. The Kier molecular flexibility index (Phi) is 4.40. The van der Waals surface area contributed by atoms with Gasteiger partial charge in [-0.25, -0.2) is 4.39 Å². The zero-order chi connectivity index (χ0) is 14.7. The molecule has 0 saturated heterocycles. The first-order valence-corrected chi connectivity index (χ1v) is 7.01. The van der Waals surface area contributed by atoms with E-state index in [2.05, 4.69) is 26.3 Å². The van der Waals surface area contributed by atoms with Gasteiger partial charge >= 0.3 is 0 Å². The molecule has 0 fully saturated rings. The van der Waals surface area contributed by atoms with Crippen molar-refractivity contribution in [3.8, 4) is 6.07 Å². The molecule has 0 radical (unpaired) electrons. The van der Waals surface area contributed by atoms with Crippen LogP contribution in [0.2, 0.25) is 0 Å². The van der Waals surface area contributed by atoms with Crippen molar-refractivity contribution in [2.45, 2.75) is 26.9 Å². The van der Waals surface area contributed by atoms with Crippen LogP contribution in [-0.2, 0) is 13.1 Å². The van der Waals surface area contributed by atoms with Crippen molar-refractivity contribution < 1.29 is 4.39 Å². The topological polar surface area (TPSA) is 53.6 Å². The number of anilines is 1. The number of aryl methyl sites for hydroxylation is 2. The van der Waals surface area contributed by atoms with Crippen LogP contribution in [-0.4, -0.2) is 9.78 Å². The molecule has 0 amide bonds. The van der Waals surface area contributed by atoms with E-state index in [0.717, 1.165) is 22.4 Å². The van der Waals surface area contributed by atoms with E-state index in [-0.39, 0.29) is 0 Å². The minimum Gasteiger partial charge on any atom is -0.378 e. The van der Waals surface area contributed by atoms with Gasteiger partial charge in [0.2, 0.25) is 0 Å². The molecule has 0 aliphatic heterocycles. The first-order valence-electron chi connectivity index (χ1n) is 6.22. The molecule has 1 N–H and O–H groups in total. The summed E-state index contributed by atoms with van der Waals surface area (Å²) in [5.74, 6) is -0.414. The molecule has 2 aromatic rings. The summed E-state index contributed by atoms with van der Waals surface area (Å²) in [4.78, 5) is 0. The number of hydrogen-bond acceptors (Lipinski definition) is 3. The molecule has 104 valence electrons. The first-order chi connectivity index (χ1) is 9.56. The molecule has 2 rings (SSSR count). The number of aromatic nitrogens is 2. The van der Waals surface area contributed by atoms with Crippen LogP contribution >= 0.6 is 15.9 Å². The summed E-state index contributed by atoms with van der Waals surface area (Å²) in [6.45, 7) is 5.22. The Morgan fingerprint density at radius 2 is 2.25 bits per heavy atom. The van der Waals surface area contributed by atoms with Crippen LogP contribution in [0, 0.1) is 24.1 Å². The minimum absolute atomic E-state index is 0.292. The summed E-state index contributed by atoms with van der Waals surface area (Å²) < 4.78 is 15.9. The average Bonchev–Trinajstić information content (AvgIpc) is 2.72. The summed E-state index contributed by atoms with van der Waals surface area (Å²) in [7, 11) is 0. The van der Waals surface area contributed by atoms with Gasteiger partial charge in [-0.2, -0.15) is 10.4 Å². The van der Waals surface area contributed by atoms with Gasteiger partial charge in [0, 0.05) is 6.54 Å². The summed E-state index contributed by atoms with van der Waals surface area (Å²) in [5, 5.41) is 16.6. The molecule has 1 heterocycles. The van der Waals surface area contributed by atoms with Gasteiger partial charge in [0.1, 0.15) is 11.9 Å². The summed E-state index contributed by atoms with van der Waals surface area (Å²) >= 11 is 3.51. The number of benzene rings is 1. The third kappa shape index (κ3) is 2.83. The number of nitrogens with one attached hydrogen (secondary N) is 1.